The Hall–Kier alpha value is -2.19. The Balaban J connectivity index is 0.00000225. The van der Waals surface area contributed by atoms with Gasteiger partial charge in [0.2, 0.25) is 0 Å². The Kier molecular flexibility index (Phi) is 6.51. The molecule has 0 spiro atoms. The molecule has 9 heteroatoms. The lowest BCUT2D eigenvalue weighted by molar-refractivity contribution is 0.190. The average molecular weight is 422 g/mol. The van der Waals surface area contributed by atoms with Crippen LogP contribution in [-0.4, -0.2) is 46.3 Å². The fourth-order valence-corrected chi connectivity index (χ4v) is 3.37. The van der Waals surface area contributed by atoms with E-state index in [1.807, 2.05) is 31.3 Å². The molecule has 1 unspecified atom stereocenters. The molecule has 28 heavy (non-hydrogen) atoms. The predicted octanol–water partition coefficient (Wildman–Crippen LogP) is 2.60. The smallest absolute Gasteiger partial charge is 0.259 e. The van der Waals surface area contributed by atoms with Crippen LogP contribution in [0.4, 0.5) is 0 Å². The highest BCUT2D eigenvalue weighted by atomic mass is 35.5. The van der Waals surface area contributed by atoms with Crippen molar-refractivity contribution in [1.82, 2.24) is 24.9 Å². The van der Waals surface area contributed by atoms with Gasteiger partial charge < -0.3 is 14.4 Å². The fraction of sp³-hybridized carbons (Fsp3) is 0.316. The topological polar surface area (TPSA) is 76.2 Å². The van der Waals surface area contributed by atoms with Gasteiger partial charge in [-0.15, -0.1) is 12.4 Å². The Bertz CT molecular complexity index is 1000. The predicted molar refractivity (Wildman–Crippen MR) is 110 cm³/mol. The minimum Gasteiger partial charge on any atom is -0.334 e. The van der Waals surface area contributed by atoms with Crippen LogP contribution in [0.25, 0.3) is 11.5 Å². The van der Waals surface area contributed by atoms with Gasteiger partial charge in [0, 0.05) is 36.9 Å². The Morgan fingerprint density at radius 1 is 1.29 bits per heavy atom. The van der Waals surface area contributed by atoms with Gasteiger partial charge in [0.25, 0.3) is 11.4 Å². The summed E-state index contributed by atoms with van der Waals surface area (Å²) in [5.41, 5.74) is 1.46. The van der Waals surface area contributed by atoms with E-state index in [4.69, 9.17) is 16.1 Å². The standard InChI is InChI=1S/C19H20ClN5O2.ClH/c1-24-9-8-21-10-16(24)18-22-19(27-23-18)14-6-7-17(26)25(12-14)11-13-4-2-3-5-15(13)20;/h2-7,12,16,21H,8-11H2,1H3;1H. The lowest BCUT2D eigenvalue weighted by atomic mass is 10.2. The second-order valence-corrected chi connectivity index (χ2v) is 7.04. The van der Waals surface area contributed by atoms with Gasteiger partial charge in [-0.25, -0.2) is 0 Å². The first kappa shape index (κ1) is 20.5. The van der Waals surface area contributed by atoms with Crippen LogP contribution in [0.2, 0.25) is 5.02 Å². The summed E-state index contributed by atoms with van der Waals surface area (Å²) in [7, 11) is 2.05. The minimum atomic E-state index is -0.116. The molecule has 1 atom stereocenters. The van der Waals surface area contributed by atoms with Crippen LogP contribution in [0.5, 0.6) is 0 Å². The monoisotopic (exact) mass is 421 g/mol. The van der Waals surface area contributed by atoms with Crippen molar-refractivity contribution in [1.29, 1.82) is 0 Å². The second kappa shape index (κ2) is 8.87. The Labute approximate surface area is 173 Å². The number of halogens is 2. The van der Waals surface area contributed by atoms with E-state index in [9.17, 15) is 4.79 Å². The molecular weight excluding hydrogens is 401 g/mol. The van der Waals surface area contributed by atoms with Crippen LogP contribution in [0.3, 0.4) is 0 Å². The highest BCUT2D eigenvalue weighted by Gasteiger charge is 2.25. The van der Waals surface area contributed by atoms with Crippen molar-refractivity contribution in [3.05, 3.63) is 69.4 Å². The number of pyridine rings is 1. The number of likely N-dealkylation sites (N-methyl/N-ethyl adjacent to an activating group) is 1. The molecule has 0 aliphatic carbocycles. The van der Waals surface area contributed by atoms with Crippen molar-refractivity contribution in [3.8, 4) is 11.5 Å². The zero-order chi connectivity index (χ0) is 18.8. The van der Waals surface area contributed by atoms with Crippen LogP contribution < -0.4 is 10.9 Å². The third-order valence-corrected chi connectivity index (χ3v) is 5.15. The summed E-state index contributed by atoms with van der Waals surface area (Å²) in [5, 5.41) is 8.11. The summed E-state index contributed by atoms with van der Waals surface area (Å²) in [6.45, 7) is 3.03. The van der Waals surface area contributed by atoms with Crippen LogP contribution >= 0.6 is 24.0 Å². The first-order valence-corrected chi connectivity index (χ1v) is 9.18. The van der Waals surface area contributed by atoms with E-state index in [1.165, 1.54) is 6.07 Å². The normalized spacial score (nSPS) is 17.3. The molecule has 1 aliphatic heterocycles. The second-order valence-electron chi connectivity index (χ2n) is 6.63. The molecule has 2 aromatic heterocycles. The largest absolute Gasteiger partial charge is 0.334 e. The number of hydrogen-bond donors (Lipinski definition) is 1. The SMILES string of the molecule is CN1CCNCC1c1noc(-c2ccc(=O)n(Cc3ccccc3Cl)c2)n1.Cl. The molecule has 0 saturated carbocycles. The quantitative estimate of drug-likeness (QED) is 0.697. The van der Waals surface area contributed by atoms with Gasteiger partial charge in [-0.1, -0.05) is 35.0 Å². The molecule has 1 aromatic carbocycles. The first-order valence-electron chi connectivity index (χ1n) is 8.80. The average Bonchev–Trinajstić information content (AvgIpc) is 3.15. The minimum absolute atomic E-state index is 0. The number of piperazine rings is 1. The highest BCUT2D eigenvalue weighted by Crippen LogP contribution is 2.22. The molecule has 0 amide bonds. The molecule has 7 nitrogen and oxygen atoms in total. The van der Waals surface area contributed by atoms with Gasteiger partial charge in [-0.05, 0) is 24.7 Å². The molecular formula is C19H21Cl2N5O2. The van der Waals surface area contributed by atoms with Crippen LogP contribution in [0.1, 0.15) is 17.4 Å². The van der Waals surface area contributed by atoms with Gasteiger partial charge in [0.15, 0.2) is 5.82 Å². The molecule has 148 valence electrons. The summed E-state index contributed by atoms with van der Waals surface area (Å²) in [5.74, 6) is 1.04. The molecule has 0 bridgehead atoms. The Morgan fingerprint density at radius 2 is 2.11 bits per heavy atom. The zero-order valence-electron chi connectivity index (χ0n) is 15.3. The van der Waals surface area contributed by atoms with E-state index in [0.717, 1.165) is 25.2 Å². The summed E-state index contributed by atoms with van der Waals surface area (Å²) < 4.78 is 7.06. The molecule has 3 heterocycles. The van der Waals surface area contributed by atoms with Crippen LogP contribution in [0.15, 0.2) is 51.9 Å². The van der Waals surface area contributed by atoms with E-state index < -0.39 is 0 Å². The molecule has 4 rings (SSSR count). The third kappa shape index (κ3) is 4.28. The number of nitrogens with zero attached hydrogens (tertiary/aromatic N) is 4. The number of benzene rings is 1. The van der Waals surface area contributed by atoms with Gasteiger partial charge in [0.05, 0.1) is 18.2 Å². The summed E-state index contributed by atoms with van der Waals surface area (Å²) in [6, 6.07) is 10.8. The van der Waals surface area contributed by atoms with Crippen molar-refractivity contribution < 1.29 is 4.52 Å². The number of aromatic nitrogens is 3. The summed E-state index contributed by atoms with van der Waals surface area (Å²) >= 11 is 6.22. The van der Waals surface area contributed by atoms with Gasteiger partial charge in [0.1, 0.15) is 0 Å². The highest BCUT2D eigenvalue weighted by molar-refractivity contribution is 6.31. The first-order chi connectivity index (χ1) is 13.1. The molecule has 1 aliphatic rings. The number of nitrogens with one attached hydrogen (secondary N) is 1. The van der Waals surface area contributed by atoms with Gasteiger partial charge >= 0.3 is 0 Å². The van der Waals surface area contributed by atoms with Gasteiger partial charge in [-0.3, -0.25) is 9.69 Å². The lowest BCUT2D eigenvalue weighted by Crippen LogP contribution is -2.44. The van der Waals surface area contributed by atoms with E-state index in [0.29, 0.717) is 28.8 Å². The van der Waals surface area contributed by atoms with Crippen LogP contribution in [0, 0.1) is 0 Å². The van der Waals surface area contributed by atoms with E-state index >= 15 is 0 Å². The fourth-order valence-electron chi connectivity index (χ4n) is 3.17. The van der Waals surface area contributed by atoms with Crippen molar-refractivity contribution in [2.75, 3.05) is 26.7 Å². The number of rotatable bonds is 4. The van der Waals surface area contributed by atoms with Crippen LogP contribution in [-0.2, 0) is 6.54 Å². The maximum absolute atomic E-state index is 12.3. The Morgan fingerprint density at radius 3 is 2.89 bits per heavy atom. The molecule has 1 saturated heterocycles. The summed E-state index contributed by atoms with van der Waals surface area (Å²) in [6.07, 6.45) is 1.73. The maximum Gasteiger partial charge on any atom is 0.259 e. The maximum atomic E-state index is 12.3. The van der Waals surface area contributed by atoms with Gasteiger partial charge in [-0.2, -0.15) is 4.98 Å². The summed E-state index contributed by atoms with van der Waals surface area (Å²) in [4.78, 5) is 19.0. The third-order valence-electron chi connectivity index (χ3n) is 4.78. The van der Waals surface area contributed by atoms with Crippen molar-refractivity contribution in [2.45, 2.75) is 12.6 Å². The van der Waals surface area contributed by atoms with Crippen molar-refractivity contribution in [2.24, 2.45) is 0 Å². The van der Waals surface area contributed by atoms with Crippen molar-refractivity contribution in [3.63, 3.8) is 0 Å². The van der Waals surface area contributed by atoms with E-state index in [-0.39, 0.29) is 24.0 Å². The molecule has 3 aromatic rings. The zero-order valence-corrected chi connectivity index (χ0v) is 16.9. The molecule has 0 radical (unpaired) electrons. The van der Waals surface area contributed by atoms with Crippen molar-refractivity contribution >= 4 is 24.0 Å². The molecule has 1 N–H and O–H groups in total. The lowest BCUT2D eigenvalue weighted by Gasteiger charge is -2.30. The number of hydrogen-bond acceptors (Lipinski definition) is 6. The molecule has 1 fully saturated rings. The van der Waals surface area contributed by atoms with E-state index in [2.05, 4.69) is 20.4 Å². The van der Waals surface area contributed by atoms with E-state index in [1.54, 1.807) is 16.8 Å².